The van der Waals surface area contributed by atoms with E-state index in [2.05, 4.69) is 5.10 Å². The quantitative estimate of drug-likeness (QED) is 0.622. The lowest BCUT2D eigenvalue weighted by Crippen LogP contribution is -2.09. The molecule has 0 aliphatic heterocycles. The van der Waals surface area contributed by atoms with Gasteiger partial charge in [-0.3, -0.25) is 9.48 Å². The van der Waals surface area contributed by atoms with Crippen LogP contribution < -0.4 is 0 Å². The first kappa shape index (κ1) is 12.3. The molecule has 0 N–H and O–H groups in total. The SMILES string of the molecule is Cn1ccc(CC(=O)c2ccc(F)c(F)c2F)n1. The zero-order valence-corrected chi connectivity index (χ0v) is 9.45. The van der Waals surface area contributed by atoms with Gasteiger partial charge in [-0.25, -0.2) is 13.2 Å². The van der Waals surface area contributed by atoms with E-state index < -0.39 is 28.8 Å². The lowest BCUT2D eigenvalue weighted by molar-refractivity contribution is 0.0986. The Kier molecular flexibility index (Phi) is 3.18. The molecule has 0 unspecified atom stereocenters. The predicted octanol–water partition coefficient (Wildman–Crippen LogP) is 2.26. The van der Waals surface area contributed by atoms with Crippen molar-refractivity contribution in [1.82, 2.24) is 9.78 Å². The molecule has 0 aliphatic rings. The van der Waals surface area contributed by atoms with Gasteiger partial charge in [0.15, 0.2) is 23.2 Å². The van der Waals surface area contributed by atoms with Crippen LogP contribution in [0.25, 0.3) is 0 Å². The van der Waals surface area contributed by atoms with Gasteiger partial charge in [0.1, 0.15) is 0 Å². The number of benzene rings is 1. The molecule has 1 heterocycles. The fraction of sp³-hybridized carbons (Fsp3) is 0.167. The van der Waals surface area contributed by atoms with Crippen molar-refractivity contribution in [3.8, 4) is 0 Å². The minimum absolute atomic E-state index is 0.164. The number of aromatic nitrogens is 2. The maximum Gasteiger partial charge on any atom is 0.195 e. The molecular weight excluding hydrogens is 245 g/mol. The smallest absolute Gasteiger partial charge is 0.195 e. The van der Waals surface area contributed by atoms with Gasteiger partial charge in [0.2, 0.25) is 0 Å². The lowest BCUT2D eigenvalue weighted by atomic mass is 10.1. The summed E-state index contributed by atoms with van der Waals surface area (Å²) >= 11 is 0. The molecule has 0 bridgehead atoms. The molecular formula is C12H9F3N2O. The van der Waals surface area contributed by atoms with Crippen LogP contribution in [-0.2, 0) is 13.5 Å². The van der Waals surface area contributed by atoms with E-state index in [1.165, 1.54) is 4.68 Å². The molecule has 0 fully saturated rings. The lowest BCUT2D eigenvalue weighted by Gasteiger charge is -2.02. The fourth-order valence-electron chi connectivity index (χ4n) is 1.56. The molecule has 2 aromatic rings. The Morgan fingerprint density at radius 1 is 1.22 bits per heavy atom. The monoisotopic (exact) mass is 254 g/mol. The summed E-state index contributed by atoms with van der Waals surface area (Å²) in [5.74, 6) is -5.07. The van der Waals surface area contributed by atoms with Crippen molar-refractivity contribution in [3.63, 3.8) is 0 Å². The third-order valence-corrected chi connectivity index (χ3v) is 2.45. The number of rotatable bonds is 3. The average molecular weight is 254 g/mol. The summed E-state index contributed by atoms with van der Waals surface area (Å²) in [6, 6.07) is 3.25. The molecule has 0 saturated carbocycles. The van der Waals surface area contributed by atoms with E-state index in [0.717, 1.165) is 12.1 Å². The standard InChI is InChI=1S/C12H9F3N2O/c1-17-5-4-7(16-17)6-10(18)8-2-3-9(13)12(15)11(8)14/h2-5H,6H2,1H3. The van der Waals surface area contributed by atoms with Crippen molar-refractivity contribution in [1.29, 1.82) is 0 Å². The van der Waals surface area contributed by atoms with Crippen molar-refractivity contribution in [3.05, 3.63) is 53.1 Å². The second-order valence-electron chi connectivity index (χ2n) is 3.80. The van der Waals surface area contributed by atoms with Gasteiger partial charge in [-0.1, -0.05) is 0 Å². The maximum absolute atomic E-state index is 13.4. The summed E-state index contributed by atoms with van der Waals surface area (Å²) in [5, 5.41) is 3.95. The van der Waals surface area contributed by atoms with E-state index in [1.807, 2.05) is 0 Å². The topological polar surface area (TPSA) is 34.9 Å². The average Bonchev–Trinajstić information content (AvgIpc) is 2.71. The highest BCUT2D eigenvalue weighted by molar-refractivity contribution is 5.97. The molecule has 18 heavy (non-hydrogen) atoms. The molecule has 0 radical (unpaired) electrons. The second kappa shape index (κ2) is 4.64. The predicted molar refractivity (Wildman–Crippen MR) is 57.6 cm³/mol. The molecule has 0 aliphatic carbocycles. The summed E-state index contributed by atoms with van der Waals surface area (Å²) in [4.78, 5) is 11.7. The van der Waals surface area contributed by atoms with Gasteiger partial charge < -0.3 is 0 Å². The van der Waals surface area contributed by atoms with Crippen LogP contribution in [0.5, 0.6) is 0 Å². The first-order valence-corrected chi connectivity index (χ1v) is 5.14. The van der Waals surface area contributed by atoms with Crippen molar-refractivity contribution in [2.45, 2.75) is 6.42 Å². The molecule has 94 valence electrons. The number of hydrogen-bond donors (Lipinski definition) is 0. The van der Waals surface area contributed by atoms with E-state index in [4.69, 9.17) is 0 Å². The Labute approximate surface area is 101 Å². The van der Waals surface area contributed by atoms with Gasteiger partial charge in [-0.05, 0) is 18.2 Å². The molecule has 6 heteroatoms. The van der Waals surface area contributed by atoms with Gasteiger partial charge in [-0.2, -0.15) is 5.10 Å². The summed E-state index contributed by atoms with van der Waals surface area (Å²) in [6.45, 7) is 0. The Morgan fingerprint density at radius 2 is 1.94 bits per heavy atom. The minimum atomic E-state index is -1.64. The highest BCUT2D eigenvalue weighted by Crippen LogP contribution is 2.16. The highest BCUT2D eigenvalue weighted by atomic mass is 19.2. The molecule has 3 nitrogen and oxygen atoms in total. The van der Waals surface area contributed by atoms with Crippen molar-refractivity contribution >= 4 is 5.78 Å². The third-order valence-electron chi connectivity index (χ3n) is 2.45. The number of halogens is 3. The first-order valence-electron chi connectivity index (χ1n) is 5.14. The van der Waals surface area contributed by atoms with E-state index >= 15 is 0 Å². The largest absolute Gasteiger partial charge is 0.294 e. The van der Waals surface area contributed by atoms with Gasteiger partial charge in [0, 0.05) is 13.2 Å². The molecule has 0 amide bonds. The molecule has 0 spiro atoms. The summed E-state index contributed by atoms with van der Waals surface area (Å²) < 4.78 is 40.5. The van der Waals surface area contributed by atoms with Gasteiger partial charge >= 0.3 is 0 Å². The minimum Gasteiger partial charge on any atom is -0.294 e. The molecule has 0 atom stereocenters. The van der Waals surface area contributed by atoms with Crippen LogP contribution in [0.3, 0.4) is 0 Å². The number of ketones is 1. The highest BCUT2D eigenvalue weighted by Gasteiger charge is 2.19. The number of aryl methyl sites for hydroxylation is 1. The Balaban J connectivity index is 2.27. The number of Topliss-reactive ketones (excluding diaryl/α,β-unsaturated/α-hetero) is 1. The van der Waals surface area contributed by atoms with Crippen LogP contribution in [0.4, 0.5) is 13.2 Å². The Morgan fingerprint density at radius 3 is 2.56 bits per heavy atom. The fourth-order valence-corrected chi connectivity index (χ4v) is 1.56. The van der Waals surface area contributed by atoms with E-state index in [-0.39, 0.29) is 6.42 Å². The van der Waals surface area contributed by atoms with E-state index in [1.54, 1.807) is 19.3 Å². The zero-order valence-electron chi connectivity index (χ0n) is 9.45. The van der Waals surface area contributed by atoms with Gasteiger partial charge in [0.05, 0.1) is 17.7 Å². The molecule has 1 aromatic carbocycles. The van der Waals surface area contributed by atoms with Crippen LogP contribution in [0.2, 0.25) is 0 Å². The van der Waals surface area contributed by atoms with Gasteiger partial charge in [-0.15, -0.1) is 0 Å². The van der Waals surface area contributed by atoms with E-state index in [0.29, 0.717) is 5.69 Å². The van der Waals surface area contributed by atoms with Crippen molar-refractivity contribution in [2.75, 3.05) is 0 Å². The Bertz CT molecular complexity index is 607. The number of nitrogens with zero attached hydrogens (tertiary/aromatic N) is 2. The summed E-state index contributed by atoms with van der Waals surface area (Å²) in [6.07, 6.45) is 1.47. The van der Waals surface area contributed by atoms with Gasteiger partial charge in [0.25, 0.3) is 0 Å². The maximum atomic E-state index is 13.4. The number of carbonyl (C=O) groups is 1. The van der Waals surface area contributed by atoms with Crippen molar-refractivity contribution in [2.24, 2.45) is 7.05 Å². The third kappa shape index (κ3) is 2.27. The van der Waals surface area contributed by atoms with Crippen LogP contribution >= 0.6 is 0 Å². The van der Waals surface area contributed by atoms with Crippen LogP contribution in [0.15, 0.2) is 24.4 Å². The first-order chi connectivity index (χ1) is 8.49. The summed E-state index contributed by atoms with van der Waals surface area (Å²) in [5.41, 5.74) is -0.0359. The molecule has 0 saturated heterocycles. The summed E-state index contributed by atoms with van der Waals surface area (Å²) in [7, 11) is 1.67. The van der Waals surface area contributed by atoms with Crippen LogP contribution in [-0.4, -0.2) is 15.6 Å². The second-order valence-corrected chi connectivity index (χ2v) is 3.80. The number of hydrogen-bond acceptors (Lipinski definition) is 2. The molecule has 2 rings (SSSR count). The zero-order chi connectivity index (χ0) is 13.3. The van der Waals surface area contributed by atoms with Crippen LogP contribution in [0, 0.1) is 17.5 Å². The van der Waals surface area contributed by atoms with Crippen LogP contribution in [0.1, 0.15) is 16.1 Å². The Hall–Kier alpha value is -2.11. The van der Waals surface area contributed by atoms with E-state index in [9.17, 15) is 18.0 Å². The van der Waals surface area contributed by atoms with Crippen molar-refractivity contribution < 1.29 is 18.0 Å². The number of carbonyl (C=O) groups excluding carboxylic acids is 1. The normalized spacial score (nSPS) is 10.7. The molecule has 1 aromatic heterocycles.